The van der Waals surface area contributed by atoms with E-state index in [2.05, 4.69) is 4.72 Å². The molecule has 2 unspecified atom stereocenters. The molecule has 0 aromatic heterocycles. The van der Waals surface area contributed by atoms with Crippen LogP contribution in [0.25, 0.3) is 0 Å². The van der Waals surface area contributed by atoms with Crippen molar-refractivity contribution >= 4 is 22.0 Å². The van der Waals surface area contributed by atoms with Crippen molar-refractivity contribution in [2.75, 3.05) is 31.9 Å². The third-order valence-electron chi connectivity index (χ3n) is 3.67. The molecule has 5 nitrogen and oxygen atoms in total. The van der Waals surface area contributed by atoms with Gasteiger partial charge in [0, 0.05) is 24.9 Å². The van der Waals surface area contributed by atoms with Crippen LogP contribution in [0, 0.1) is 5.92 Å². The Balaban J connectivity index is 1.84. The number of nitrogens with two attached hydrogens (primary N) is 1. The number of rotatable bonds is 5. The van der Waals surface area contributed by atoms with Gasteiger partial charge < -0.3 is 5.73 Å². The van der Waals surface area contributed by atoms with Gasteiger partial charge in [-0.3, -0.25) is 0 Å². The van der Waals surface area contributed by atoms with Crippen LogP contribution in [-0.2, 0) is 10.2 Å². The lowest BCUT2D eigenvalue weighted by Gasteiger charge is -2.31. The van der Waals surface area contributed by atoms with Crippen LogP contribution in [-0.4, -0.2) is 49.9 Å². The third-order valence-corrected chi connectivity index (χ3v) is 6.61. The summed E-state index contributed by atoms with van der Waals surface area (Å²) in [6, 6.07) is 0. The summed E-state index contributed by atoms with van der Waals surface area (Å²) in [4.78, 5) is 0. The Kier molecular flexibility index (Phi) is 5.32. The summed E-state index contributed by atoms with van der Waals surface area (Å²) in [5, 5.41) is 0.454. The van der Waals surface area contributed by atoms with Crippen molar-refractivity contribution in [3.05, 3.63) is 0 Å². The maximum atomic E-state index is 12.2. The van der Waals surface area contributed by atoms with Gasteiger partial charge in [0.25, 0.3) is 10.2 Å². The fourth-order valence-electron chi connectivity index (χ4n) is 2.53. The highest BCUT2D eigenvalue weighted by Crippen LogP contribution is 2.25. The molecule has 2 aliphatic heterocycles. The van der Waals surface area contributed by atoms with Gasteiger partial charge in [0.05, 0.1) is 0 Å². The van der Waals surface area contributed by atoms with Crippen molar-refractivity contribution in [3.63, 3.8) is 0 Å². The minimum atomic E-state index is -3.30. The Morgan fingerprint density at radius 2 is 2.17 bits per heavy atom. The van der Waals surface area contributed by atoms with Gasteiger partial charge >= 0.3 is 0 Å². The fourth-order valence-corrected chi connectivity index (χ4v) is 5.21. The quantitative estimate of drug-likeness (QED) is 0.769. The molecule has 2 rings (SSSR count). The zero-order valence-electron chi connectivity index (χ0n) is 10.7. The van der Waals surface area contributed by atoms with Gasteiger partial charge in [0.2, 0.25) is 0 Å². The third kappa shape index (κ3) is 3.84. The van der Waals surface area contributed by atoms with E-state index in [0.717, 1.165) is 25.0 Å². The molecule has 2 fully saturated rings. The number of nitrogens with zero attached hydrogens (tertiary/aromatic N) is 1. The second kappa shape index (κ2) is 6.56. The molecule has 18 heavy (non-hydrogen) atoms. The standard InChI is InChI=1S/C11H23N3O2S2/c12-7-10-3-1-5-14(9-10)18(15,16)13-8-11-4-2-6-17-11/h10-11,13H,1-9,12H2. The van der Waals surface area contributed by atoms with E-state index in [4.69, 9.17) is 5.73 Å². The van der Waals surface area contributed by atoms with Crippen molar-refractivity contribution in [1.29, 1.82) is 0 Å². The van der Waals surface area contributed by atoms with E-state index in [1.807, 2.05) is 11.8 Å². The van der Waals surface area contributed by atoms with E-state index < -0.39 is 10.2 Å². The predicted molar refractivity (Wildman–Crippen MR) is 75.8 cm³/mol. The summed E-state index contributed by atoms with van der Waals surface area (Å²) in [6.45, 7) is 2.34. The van der Waals surface area contributed by atoms with Crippen LogP contribution < -0.4 is 10.5 Å². The molecule has 2 aliphatic rings. The van der Waals surface area contributed by atoms with Gasteiger partial charge in [-0.15, -0.1) is 0 Å². The van der Waals surface area contributed by atoms with Gasteiger partial charge in [-0.2, -0.15) is 24.5 Å². The van der Waals surface area contributed by atoms with Gasteiger partial charge in [-0.05, 0) is 43.9 Å². The second-order valence-corrected chi connectivity index (χ2v) is 8.25. The molecule has 2 atom stereocenters. The first-order valence-electron chi connectivity index (χ1n) is 6.68. The molecule has 2 heterocycles. The van der Waals surface area contributed by atoms with Crippen LogP contribution in [0.5, 0.6) is 0 Å². The first-order valence-corrected chi connectivity index (χ1v) is 9.17. The Labute approximate surface area is 114 Å². The van der Waals surface area contributed by atoms with E-state index in [-0.39, 0.29) is 0 Å². The van der Waals surface area contributed by atoms with Crippen LogP contribution in [0.3, 0.4) is 0 Å². The average molecular weight is 293 g/mol. The van der Waals surface area contributed by atoms with Gasteiger partial charge in [-0.25, -0.2) is 4.72 Å². The van der Waals surface area contributed by atoms with Crippen molar-refractivity contribution < 1.29 is 8.42 Å². The molecule has 0 saturated carbocycles. The summed E-state index contributed by atoms with van der Waals surface area (Å²) in [6.07, 6.45) is 4.29. The van der Waals surface area contributed by atoms with Crippen molar-refractivity contribution in [2.24, 2.45) is 11.7 Å². The van der Waals surface area contributed by atoms with Crippen LogP contribution in [0.2, 0.25) is 0 Å². The largest absolute Gasteiger partial charge is 0.330 e. The van der Waals surface area contributed by atoms with Crippen molar-refractivity contribution in [2.45, 2.75) is 30.9 Å². The van der Waals surface area contributed by atoms with Crippen molar-refractivity contribution in [3.8, 4) is 0 Å². The molecule has 106 valence electrons. The van der Waals surface area contributed by atoms with Crippen LogP contribution in [0.15, 0.2) is 0 Å². The zero-order chi connectivity index (χ0) is 13.0. The van der Waals surface area contributed by atoms with Gasteiger partial charge in [-0.1, -0.05) is 0 Å². The van der Waals surface area contributed by atoms with Crippen LogP contribution >= 0.6 is 11.8 Å². The first-order chi connectivity index (χ1) is 8.62. The maximum absolute atomic E-state index is 12.2. The molecule has 0 spiro atoms. The number of nitrogens with one attached hydrogen (secondary N) is 1. The summed E-state index contributed by atoms with van der Waals surface area (Å²) in [5.74, 6) is 1.47. The monoisotopic (exact) mass is 293 g/mol. The zero-order valence-corrected chi connectivity index (χ0v) is 12.3. The smallest absolute Gasteiger partial charge is 0.279 e. The van der Waals surface area contributed by atoms with Crippen LogP contribution in [0.1, 0.15) is 25.7 Å². The van der Waals surface area contributed by atoms with Crippen molar-refractivity contribution in [1.82, 2.24) is 9.03 Å². The molecule has 0 amide bonds. The molecular formula is C11H23N3O2S2. The Bertz CT molecular complexity index is 355. The summed E-state index contributed by atoms with van der Waals surface area (Å²) in [5.41, 5.74) is 5.64. The van der Waals surface area contributed by atoms with E-state index in [9.17, 15) is 8.42 Å². The van der Waals surface area contributed by atoms with E-state index in [1.165, 1.54) is 6.42 Å². The Morgan fingerprint density at radius 1 is 1.33 bits per heavy atom. The lowest BCUT2D eigenvalue weighted by Crippen LogP contribution is -2.48. The SMILES string of the molecule is NCC1CCCN(S(=O)(=O)NCC2CCCS2)C1. The maximum Gasteiger partial charge on any atom is 0.279 e. The number of hydrogen-bond acceptors (Lipinski definition) is 4. The highest BCUT2D eigenvalue weighted by Gasteiger charge is 2.29. The summed E-state index contributed by atoms with van der Waals surface area (Å²) < 4.78 is 28.7. The number of hydrogen-bond donors (Lipinski definition) is 2. The lowest BCUT2D eigenvalue weighted by atomic mass is 10.0. The first kappa shape index (κ1) is 14.6. The molecule has 0 aliphatic carbocycles. The molecule has 7 heteroatoms. The predicted octanol–water partition coefficient (Wildman–Crippen LogP) is 0.387. The lowest BCUT2D eigenvalue weighted by molar-refractivity contribution is 0.269. The van der Waals surface area contributed by atoms with E-state index in [1.54, 1.807) is 4.31 Å². The minimum absolute atomic E-state index is 0.316. The summed E-state index contributed by atoms with van der Waals surface area (Å²) in [7, 11) is -3.30. The Morgan fingerprint density at radius 3 is 2.83 bits per heavy atom. The molecule has 3 N–H and O–H groups in total. The van der Waals surface area contributed by atoms with Gasteiger partial charge in [0.1, 0.15) is 0 Å². The molecular weight excluding hydrogens is 270 g/mol. The highest BCUT2D eigenvalue weighted by atomic mass is 32.2. The second-order valence-electron chi connectivity index (χ2n) is 5.09. The topological polar surface area (TPSA) is 75.4 Å². The number of piperidine rings is 1. The molecule has 2 saturated heterocycles. The Hall–Kier alpha value is 0.180. The summed E-state index contributed by atoms with van der Waals surface area (Å²) >= 11 is 1.87. The van der Waals surface area contributed by atoms with Crippen LogP contribution in [0.4, 0.5) is 0 Å². The minimum Gasteiger partial charge on any atom is -0.330 e. The molecule has 0 bridgehead atoms. The highest BCUT2D eigenvalue weighted by molar-refractivity contribution is 8.00. The van der Waals surface area contributed by atoms with E-state index in [0.29, 0.717) is 37.3 Å². The average Bonchev–Trinajstić information content (AvgIpc) is 2.90. The molecule has 0 aromatic carbocycles. The number of thioether (sulfide) groups is 1. The molecule has 0 aromatic rings. The van der Waals surface area contributed by atoms with Gasteiger partial charge in [0.15, 0.2) is 0 Å². The normalized spacial score (nSPS) is 30.7. The van der Waals surface area contributed by atoms with E-state index >= 15 is 0 Å². The molecule has 0 radical (unpaired) electrons. The fraction of sp³-hybridized carbons (Fsp3) is 1.00.